The predicted molar refractivity (Wildman–Crippen MR) is 144 cm³/mol. The Bertz CT molecular complexity index is 1280. The molecule has 182 valence electrons. The van der Waals surface area contributed by atoms with Crippen LogP contribution in [-0.2, 0) is 0 Å². The molecule has 0 atom stereocenters. The highest BCUT2D eigenvalue weighted by Gasteiger charge is 2.14. The lowest BCUT2D eigenvalue weighted by Gasteiger charge is -2.22. The van der Waals surface area contributed by atoms with Crippen molar-refractivity contribution in [3.63, 3.8) is 0 Å². The van der Waals surface area contributed by atoms with Crippen LogP contribution in [0.3, 0.4) is 0 Å². The molecular weight excluding hydrogens is 483 g/mol. The van der Waals surface area contributed by atoms with Gasteiger partial charge in [0, 0.05) is 34.3 Å². The molecule has 0 bridgehead atoms. The molecule has 2 heterocycles. The van der Waals surface area contributed by atoms with E-state index in [2.05, 4.69) is 30.7 Å². The number of anilines is 2. The zero-order chi connectivity index (χ0) is 24.6. The maximum absolute atomic E-state index is 14.7. The molecular formula is C26H28ClFN6S. The first kappa shape index (κ1) is 25.2. The summed E-state index contributed by atoms with van der Waals surface area (Å²) in [7, 11) is 1.50. The standard InChI is InChI=1S/C25H23ClFN5S.CH5N/c26-20-8-4-5-9-23(20)33-32-24-21(27)13-17(14-28-24)16-10-11-22-18(12-16)15-29-25(31-22)30-19-6-2-1-3-7-19;1-2/h4-5,8-15,19H,1-3,6-7H2,(H,28,32)(H,29,30,31);2H2,1H3. The molecule has 0 radical (unpaired) electrons. The van der Waals surface area contributed by atoms with Gasteiger partial charge in [-0.15, -0.1) is 0 Å². The van der Waals surface area contributed by atoms with Crippen LogP contribution in [0.4, 0.5) is 16.2 Å². The van der Waals surface area contributed by atoms with Crippen molar-refractivity contribution in [2.75, 3.05) is 17.1 Å². The van der Waals surface area contributed by atoms with Crippen molar-refractivity contribution in [1.82, 2.24) is 15.0 Å². The summed E-state index contributed by atoms with van der Waals surface area (Å²) in [6, 6.07) is 15.1. The molecule has 1 aliphatic rings. The zero-order valence-corrected chi connectivity index (χ0v) is 21.0. The third-order valence-electron chi connectivity index (χ3n) is 5.79. The molecule has 0 unspecified atom stereocenters. The quantitative estimate of drug-likeness (QED) is 0.242. The van der Waals surface area contributed by atoms with Crippen LogP contribution in [0.5, 0.6) is 0 Å². The van der Waals surface area contributed by atoms with E-state index in [9.17, 15) is 4.39 Å². The van der Waals surface area contributed by atoms with Crippen LogP contribution in [-0.4, -0.2) is 28.0 Å². The number of hydrogen-bond acceptors (Lipinski definition) is 7. The lowest BCUT2D eigenvalue weighted by molar-refractivity contribution is 0.461. The Morgan fingerprint density at radius 2 is 1.77 bits per heavy atom. The molecule has 2 aromatic carbocycles. The Labute approximate surface area is 214 Å². The second-order valence-electron chi connectivity index (χ2n) is 8.14. The van der Waals surface area contributed by atoms with Gasteiger partial charge in [0.2, 0.25) is 5.95 Å². The minimum atomic E-state index is -0.435. The maximum atomic E-state index is 14.7. The summed E-state index contributed by atoms with van der Waals surface area (Å²) < 4.78 is 17.7. The molecule has 4 N–H and O–H groups in total. The van der Waals surface area contributed by atoms with E-state index in [-0.39, 0.29) is 5.82 Å². The number of aromatic nitrogens is 3. The Morgan fingerprint density at radius 1 is 0.971 bits per heavy atom. The Balaban J connectivity index is 0.00000141. The molecule has 9 heteroatoms. The van der Waals surface area contributed by atoms with Gasteiger partial charge in [-0.25, -0.2) is 19.3 Å². The van der Waals surface area contributed by atoms with Crippen molar-refractivity contribution in [1.29, 1.82) is 0 Å². The van der Waals surface area contributed by atoms with E-state index < -0.39 is 5.82 Å². The van der Waals surface area contributed by atoms with Crippen LogP contribution in [0.1, 0.15) is 32.1 Å². The second kappa shape index (κ2) is 12.2. The monoisotopic (exact) mass is 510 g/mol. The van der Waals surface area contributed by atoms with Gasteiger partial charge >= 0.3 is 0 Å². The van der Waals surface area contributed by atoms with Gasteiger partial charge in [-0.05, 0) is 67.7 Å². The molecule has 0 spiro atoms. The summed E-state index contributed by atoms with van der Waals surface area (Å²) in [4.78, 5) is 14.2. The molecule has 5 rings (SSSR count). The first-order valence-electron chi connectivity index (χ1n) is 11.6. The van der Waals surface area contributed by atoms with E-state index in [1.54, 1.807) is 12.3 Å². The third-order valence-corrected chi connectivity index (χ3v) is 7.10. The van der Waals surface area contributed by atoms with Crippen LogP contribution in [0.25, 0.3) is 22.0 Å². The molecule has 1 saturated carbocycles. The SMILES string of the molecule is CN.Fc1cc(-c2ccc3nc(NC4CCCCC4)ncc3c2)cnc1NSc1ccccc1Cl. The van der Waals surface area contributed by atoms with Gasteiger partial charge in [-0.2, -0.15) is 0 Å². The van der Waals surface area contributed by atoms with Crippen LogP contribution >= 0.6 is 23.5 Å². The number of fused-ring (bicyclic) bond motifs is 1. The number of hydrogen-bond donors (Lipinski definition) is 3. The topological polar surface area (TPSA) is 88.8 Å². The van der Waals surface area contributed by atoms with Gasteiger partial charge in [-0.3, -0.25) is 0 Å². The van der Waals surface area contributed by atoms with E-state index >= 15 is 0 Å². The summed E-state index contributed by atoms with van der Waals surface area (Å²) in [5.41, 5.74) is 6.90. The molecule has 1 fully saturated rings. The first-order chi connectivity index (χ1) is 17.2. The molecule has 6 nitrogen and oxygen atoms in total. The van der Waals surface area contributed by atoms with Gasteiger partial charge in [0.25, 0.3) is 0 Å². The fourth-order valence-corrected chi connectivity index (χ4v) is 4.93. The van der Waals surface area contributed by atoms with Gasteiger partial charge in [0.15, 0.2) is 11.6 Å². The van der Waals surface area contributed by atoms with Crippen LogP contribution in [0.2, 0.25) is 5.02 Å². The predicted octanol–water partition coefficient (Wildman–Crippen LogP) is 6.92. The van der Waals surface area contributed by atoms with Crippen LogP contribution < -0.4 is 15.8 Å². The molecule has 4 aromatic rings. The number of nitrogens with one attached hydrogen (secondary N) is 2. The largest absolute Gasteiger partial charge is 0.351 e. The van der Waals surface area contributed by atoms with Crippen LogP contribution in [0.15, 0.2) is 65.8 Å². The summed E-state index contributed by atoms with van der Waals surface area (Å²) in [6.07, 6.45) is 9.63. The maximum Gasteiger partial charge on any atom is 0.223 e. The van der Waals surface area contributed by atoms with E-state index in [1.807, 2.05) is 42.6 Å². The minimum absolute atomic E-state index is 0.159. The van der Waals surface area contributed by atoms with Crippen molar-refractivity contribution >= 4 is 46.2 Å². The van der Waals surface area contributed by atoms with E-state index in [0.29, 0.717) is 22.6 Å². The Morgan fingerprint density at radius 3 is 2.54 bits per heavy atom. The normalized spacial score (nSPS) is 13.7. The van der Waals surface area contributed by atoms with Crippen molar-refractivity contribution in [2.24, 2.45) is 5.73 Å². The summed E-state index contributed by atoms with van der Waals surface area (Å²) in [6.45, 7) is 0. The fourth-order valence-electron chi connectivity index (χ4n) is 4.01. The van der Waals surface area contributed by atoms with Crippen LogP contribution in [0, 0.1) is 5.82 Å². The van der Waals surface area contributed by atoms with Crippen molar-refractivity contribution < 1.29 is 4.39 Å². The summed E-state index contributed by atoms with van der Waals surface area (Å²) in [5, 5.41) is 4.96. The van der Waals surface area contributed by atoms with E-state index in [0.717, 1.165) is 21.4 Å². The van der Waals surface area contributed by atoms with Gasteiger partial charge < -0.3 is 15.8 Å². The smallest absolute Gasteiger partial charge is 0.223 e. The molecule has 0 saturated heterocycles. The van der Waals surface area contributed by atoms with Gasteiger partial charge in [0.1, 0.15) is 0 Å². The minimum Gasteiger partial charge on any atom is -0.351 e. The van der Waals surface area contributed by atoms with E-state index in [1.165, 1.54) is 57.2 Å². The highest BCUT2D eigenvalue weighted by Crippen LogP contribution is 2.30. The van der Waals surface area contributed by atoms with Gasteiger partial charge in [0.05, 0.1) is 10.5 Å². The van der Waals surface area contributed by atoms with Crippen molar-refractivity contribution in [2.45, 2.75) is 43.0 Å². The van der Waals surface area contributed by atoms with Crippen molar-refractivity contribution in [3.05, 3.63) is 71.8 Å². The second-order valence-corrected chi connectivity index (χ2v) is 9.39. The lowest BCUT2D eigenvalue weighted by Crippen LogP contribution is -2.23. The van der Waals surface area contributed by atoms with Gasteiger partial charge in [-0.1, -0.05) is 49.1 Å². The number of halogens is 2. The summed E-state index contributed by atoms with van der Waals surface area (Å²) >= 11 is 7.38. The molecule has 2 aromatic heterocycles. The Hall–Kier alpha value is -2.94. The van der Waals surface area contributed by atoms with E-state index in [4.69, 9.17) is 11.6 Å². The number of rotatable bonds is 6. The number of benzene rings is 2. The number of nitrogens with zero attached hydrogens (tertiary/aromatic N) is 3. The fraction of sp³-hybridized carbons (Fsp3) is 0.269. The third kappa shape index (κ3) is 6.39. The number of nitrogens with two attached hydrogens (primary N) is 1. The Kier molecular flexibility index (Phi) is 8.74. The molecule has 0 aliphatic heterocycles. The average molecular weight is 511 g/mol. The van der Waals surface area contributed by atoms with Crippen molar-refractivity contribution in [3.8, 4) is 11.1 Å². The molecule has 1 aliphatic carbocycles. The zero-order valence-electron chi connectivity index (χ0n) is 19.5. The highest BCUT2D eigenvalue weighted by molar-refractivity contribution is 8.00. The number of pyridine rings is 1. The first-order valence-corrected chi connectivity index (χ1v) is 12.8. The molecule has 35 heavy (non-hydrogen) atoms. The molecule has 0 amide bonds. The summed E-state index contributed by atoms with van der Waals surface area (Å²) in [5.74, 6) is 0.392. The lowest BCUT2D eigenvalue weighted by atomic mass is 9.96. The highest BCUT2D eigenvalue weighted by atomic mass is 35.5. The average Bonchev–Trinajstić information content (AvgIpc) is 2.90.